The standard InChI is InChI=1S/C22H23ClF3N3O5/c23-13-2-1-12(9-14(13)24)33-8-3-18(31)27-22-6-4-21(5-7-22,11-17(22)30)28-20(32)16-10-15(19(25)26)29-34-16/h1-2,9-10,17,19,30H,3-8,11H2,(H,27,31)(H,28,32)/t17-,21?,22?/m0/s1. The zero-order chi connectivity index (χ0) is 24.5. The molecule has 34 heavy (non-hydrogen) atoms. The molecule has 0 saturated heterocycles. The van der Waals surface area contributed by atoms with Crippen molar-refractivity contribution in [1.29, 1.82) is 0 Å². The van der Waals surface area contributed by atoms with Crippen LogP contribution < -0.4 is 15.4 Å². The number of carbonyl (C=O) groups is 2. The first kappa shape index (κ1) is 24.3. The van der Waals surface area contributed by atoms with E-state index in [1.807, 2.05) is 0 Å². The van der Waals surface area contributed by atoms with Crippen molar-refractivity contribution in [3.63, 3.8) is 0 Å². The Bertz CT molecular complexity index is 1070. The molecule has 3 fully saturated rings. The molecular formula is C22H23ClF3N3O5. The maximum atomic E-state index is 13.5. The van der Waals surface area contributed by atoms with Gasteiger partial charge in [0.2, 0.25) is 11.7 Å². The molecule has 3 aliphatic rings. The van der Waals surface area contributed by atoms with Crippen LogP contribution in [-0.2, 0) is 4.79 Å². The van der Waals surface area contributed by atoms with Crippen LogP contribution in [0.5, 0.6) is 5.75 Å². The van der Waals surface area contributed by atoms with E-state index in [9.17, 15) is 27.9 Å². The Kier molecular flexibility index (Phi) is 6.77. The highest BCUT2D eigenvalue weighted by Crippen LogP contribution is 2.47. The molecule has 3 saturated carbocycles. The van der Waals surface area contributed by atoms with E-state index < -0.39 is 41.0 Å². The van der Waals surface area contributed by atoms with E-state index in [1.165, 1.54) is 12.1 Å². The van der Waals surface area contributed by atoms with E-state index in [2.05, 4.69) is 15.8 Å². The summed E-state index contributed by atoms with van der Waals surface area (Å²) < 4.78 is 49.0. The molecule has 0 unspecified atom stereocenters. The number of aliphatic hydroxyl groups excluding tert-OH is 1. The number of hydrogen-bond donors (Lipinski definition) is 3. The van der Waals surface area contributed by atoms with Gasteiger partial charge in [0.1, 0.15) is 11.6 Å². The molecule has 5 rings (SSSR count). The van der Waals surface area contributed by atoms with Crippen molar-refractivity contribution in [2.45, 2.75) is 62.1 Å². The Hall–Kier alpha value is -2.79. The summed E-state index contributed by atoms with van der Waals surface area (Å²) in [4.78, 5) is 25.0. The fourth-order valence-electron chi connectivity index (χ4n) is 4.63. The summed E-state index contributed by atoms with van der Waals surface area (Å²) in [6.07, 6.45) is -1.79. The van der Waals surface area contributed by atoms with Gasteiger partial charge in [-0.3, -0.25) is 9.59 Å². The lowest BCUT2D eigenvalue weighted by molar-refractivity contribution is -0.130. The molecule has 3 N–H and O–H groups in total. The van der Waals surface area contributed by atoms with Crippen molar-refractivity contribution in [2.75, 3.05) is 6.61 Å². The molecule has 1 heterocycles. The maximum absolute atomic E-state index is 13.5. The number of nitrogens with one attached hydrogen (secondary N) is 2. The number of benzene rings is 1. The van der Waals surface area contributed by atoms with Gasteiger partial charge in [-0.15, -0.1) is 0 Å². The zero-order valence-corrected chi connectivity index (χ0v) is 18.7. The van der Waals surface area contributed by atoms with E-state index in [4.69, 9.17) is 20.9 Å². The van der Waals surface area contributed by atoms with Gasteiger partial charge in [0.05, 0.1) is 29.7 Å². The van der Waals surface area contributed by atoms with E-state index in [1.54, 1.807) is 0 Å². The van der Waals surface area contributed by atoms with Crippen LogP contribution in [0.4, 0.5) is 13.2 Å². The van der Waals surface area contributed by atoms with Crippen molar-refractivity contribution in [3.8, 4) is 5.75 Å². The summed E-state index contributed by atoms with van der Waals surface area (Å²) in [6, 6.07) is 4.88. The van der Waals surface area contributed by atoms with Gasteiger partial charge in [0, 0.05) is 17.7 Å². The normalized spacial score (nSPS) is 25.9. The lowest BCUT2D eigenvalue weighted by Crippen LogP contribution is -2.70. The minimum atomic E-state index is -2.85. The number of halogens is 4. The number of nitrogens with zero attached hydrogens (tertiary/aromatic N) is 1. The number of hydrogen-bond acceptors (Lipinski definition) is 6. The molecule has 184 valence electrons. The molecule has 1 aromatic heterocycles. The molecule has 2 bridgehead atoms. The SMILES string of the molecule is O=C(CCOc1ccc(Cl)c(F)c1)NC12CCC(NC(=O)c3cc(C(F)F)no3)(CC1)C[C@@H]2O. The van der Waals surface area contributed by atoms with E-state index in [0.29, 0.717) is 25.7 Å². The number of alkyl halides is 2. The van der Waals surface area contributed by atoms with Gasteiger partial charge < -0.3 is 25.0 Å². The molecule has 8 nitrogen and oxygen atoms in total. The predicted octanol–water partition coefficient (Wildman–Crippen LogP) is 3.54. The molecule has 1 aromatic carbocycles. The van der Waals surface area contributed by atoms with Crippen LogP contribution in [0.15, 0.2) is 28.8 Å². The van der Waals surface area contributed by atoms with Crippen LogP contribution in [0.1, 0.15) is 61.2 Å². The Balaban J connectivity index is 1.29. The number of aromatic nitrogens is 1. The first-order chi connectivity index (χ1) is 16.1. The molecule has 3 aliphatic carbocycles. The number of ether oxygens (including phenoxy) is 1. The minimum Gasteiger partial charge on any atom is -0.493 e. The minimum absolute atomic E-state index is 0.00143. The van der Waals surface area contributed by atoms with Gasteiger partial charge in [-0.25, -0.2) is 13.2 Å². The third kappa shape index (κ3) is 5.00. The monoisotopic (exact) mass is 501 g/mol. The quantitative estimate of drug-likeness (QED) is 0.510. The highest BCUT2D eigenvalue weighted by atomic mass is 35.5. The van der Waals surface area contributed by atoms with Gasteiger partial charge in [-0.2, -0.15) is 0 Å². The number of aliphatic hydroxyl groups is 1. The fourth-order valence-corrected chi connectivity index (χ4v) is 4.75. The van der Waals surface area contributed by atoms with Crippen LogP contribution in [0.3, 0.4) is 0 Å². The average Bonchev–Trinajstić information content (AvgIpc) is 3.28. The van der Waals surface area contributed by atoms with Crippen LogP contribution in [0.25, 0.3) is 0 Å². The van der Waals surface area contributed by atoms with Crippen molar-refractivity contribution in [3.05, 3.63) is 46.6 Å². The second kappa shape index (κ2) is 9.46. The first-order valence-electron chi connectivity index (χ1n) is 10.8. The van der Waals surface area contributed by atoms with Gasteiger partial charge in [0.25, 0.3) is 12.3 Å². The summed E-state index contributed by atoms with van der Waals surface area (Å²) in [6.45, 7) is 0.0108. The lowest BCUT2D eigenvalue weighted by Gasteiger charge is -2.56. The Morgan fingerprint density at radius 1 is 1.24 bits per heavy atom. The van der Waals surface area contributed by atoms with E-state index in [0.717, 1.165) is 12.1 Å². The van der Waals surface area contributed by atoms with Gasteiger partial charge >= 0.3 is 0 Å². The van der Waals surface area contributed by atoms with Crippen LogP contribution in [-0.4, -0.2) is 45.9 Å². The number of rotatable bonds is 8. The van der Waals surface area contributed by atoms with Gasteiger partial charge in [0.15, 0.2) is 5.69 Å². The summed E-state index contributed by atoms with van der Waals surface area (Å²) >= 11 is 5.63. The van der Waals surface area contributed by atoms with Crippen molar-refractivity contribution in [2.24, 2.45) is 0 Å². The highest BCUT2D eigenvalue weighted by Gasteiger charge is 2.55. The molecule has 12 heteroatoms. The number of amides is 2. The largest absolute Gasteiger partial charge is 0.493 e. The summed E-state index contributed by atoms with van der Waals surface area (Å²) in [5.74, 6) is -1.70. The molecule has 0 radical (unpaired) electrons. The predicted molar refractivity (Wildman–Crippen MR) is 113 cm³/mol. The van der Waals surface area contributed by atoms with E-state index in [-0.39, 0.29) is 41.9 Å². The summed E-state index contributed by atoms with van der Waals surface area (Å²) in [5, 5.41) is 19.7. The van der Waals surface area contributed by atoms with Crippen LogP contribution in [0.2, 0.25) is 5.02 Å². The first-order valence-corrected chi connectivity index (χ1v) is 11.1. The number of carbonyl (C=O) groups excluding carboxylic acids is 2. The molecule has 0 spiro atoms. The van der Waals surface area contributed by atoms with Crippen molar-refractivity contribution < 1.29 is 37.1 Å². The topological polar surface area (TPSA) is 114 Å². The van der Waals surface area contributed by atoms with Crippen LogP contribution >= 0.6 is 11.6 Å². The Morgan fingerprint density at radius 3 is 2.59 bits per heavy atom. The summed E-state index contributed by atoms with van der Waals surface area (Å²) in [5.41, 5.74) is -2.19. The number of fused-ring (bicyclic) bond motifs is 3. The molecule has 0 aliphatic heterocycles. The van der Waals surface area contributed by atoms with Gasteiger partial charge in [-0.1, -0.05) is 16.8 Å². The fraction of sp³-hybridized carbons (Fsp3) is 0.500. The zero-order valence-electron chi connectivity index (χ0n) is 18.0. The smallest absolute Gasteiger partial charge is 0.290 e. The molecule has 2 aromatic rings. The maximum Gasteiger partial charge on any atom is 0.290 e. The van der Waals surface area contributed by atoms with Crippen molar-refractivity contribution >= 4 is 23.4 Å². The second-order valence-corrected chi connectivity index (χ2v) is 9.16. The molecular weight excluding hydrogens is 479 g/mol. The Morgan fingerprint density at radius 2 is 1.97 bits per heavy atom. The van der Waals surface area contributed by atoms with Gasteiger partial charge in [-0.05, 0) is 44.2 Å². The van der Waals surface area contributed by atoms with E-state index >= 15 is 0 Å². The third-order valence-electron chi connectivity index (χ3n) is 6.55. The summed E-state index contributed by atoms with van der Waals surface area (Å²) in [7, 11) is 0. The van der Waals surface area contributed by atoms with Crippen LogP contribution in [0, 0.1) is 5.82 Å². The second-order valence-electron chi connectivity index (χ2n) is 8.75. The highest BCUT2D eigenvalue weighted by molar-refractivity contribution is 6.30. The van der Waals surface area contributed by atoms with Crippen molar-refractivity contribution in [1.82, 2.24) is 15.8 Å². The molecule has 2 amide bonds. The average molecular weight is 502 g/mol. The lowest BCUT2D eigenvalue weighted by atomic mass is 9.60. The Labute approximate surface area is 197 Å². The third-order valence-corrected chi connectivity index (χ3v) is 6.86. The molecule has 1 atom stereocenters.